The van der Waals surface area contributed by atoms with Gasteiger partial charge < -0.3 is 9.64 Å². The van der Waals surface area contributed by atoms with E-state index in [1.165, 1.54) is 11.0 Å². The first-order chi connectivity index (χ1) is 11.6. The third-order valence-corrected chi connectivity index (χ3v) is 4.17. The molecule has 1 amide bonds. The first-order valence-electron chi connectivity index (χ1n) is 7.95. The van der Waals surface area contributed by atoms with Gasteiger partial charge in [0, 0.05) is 12.6 Å². The number of aromatic nitrogens is 4. The van der Waals surface area contributed by atoms with Crippen LogP contribution in [0.5, 0.6) is 0 Å². The second-order valence-electron chi connectivity index (χ2n) is 5.81. The summed E-state index contributed by atoms with van der Waals surface area (Å²) in [5, 5.41) is 10.9. The Labute approximate surface area is 139 Å². The Morgan fingerprint density at radius 2 is 2.04 bits per heavy atom. The maximum Gasteiger partial charge on any atom is 0.338 e. The van der Waals surface area contributed by atoms with Crippen LogP contribution in [-0.4, -0.2) is 56.2 Å². The normalized spacial score (nSPS) is 17.5. The third kappa shape index (κ3) is 3.58. The fourth-order valence-corrected chi connectivity index (χ4v) is 2.79. The molecule has 126 valence electrons. The molecule has 0 aliphatic carbocycles. The molecule has 0 N–H and O–H groups in total. The number of nitrogens with zero attached hydrogens (tertiary/aromatic N) is 5. The highest BCUT2D eigenvalue weighted by Gasteiger charge is 2.24. The van der Waals surface area contributed by atoms with Gasteiger partial charge in [0.2, 0.25) is 0 Å². The number of piperidine rings is 1. The highest BCUT2D eigenvalue weighted by Crippen LogP contribution is 2.16. The number of likely N-dealkylation sites (tertiary alicyclic amines) is 1. The van der Waals surface area contributed by atoms with Crippen molar-refractivity contribution in [1.29, 1.82) is 0 Å². The molecule has 0 radical (unpaired) electrons. The minimum absolute atomic E-state index is 0.138. The molecule has 1 atom stereocenters. The molecule has 1 aromatic carbocycles. The van der Waals surface area contributed by atoms with Gasteiger partial charge in [0.05, 0.1) is 11.3 Å². The highest BCUT2D eigenvalue weighted by atomic mass is 16.5. The minimum Gasteiger partial charge on any atom is -0.452 e. The average molecular weight is 329 g/mol. The van der Waals surface area contributed by atoms with E-state index in [4.69, 9.17) is 4.74 Å². The molecule has 0 saturated carbocycles. The van der Waals surface area contributed by atoms with Crippen LogP contribution in [0, 0.1) is 0 Å². The van der Waals surface area contributed by atoms with Gasteiger partial charge in [-0.3, -0.25) is 4.79 Å². The van der Waals surface area contributed by atoms with E-state index >= 15 is 0 Å². The number of carbonyl (C=O) groups is 2. The second kappa shape index (κ2) is 7.20. The fourth-order valence-electron chi connectivity index (χ4n) is 2.79. The maximum absolute atomic E-state index is 12.2. The summed E-state index contributed by atoms with van der Waals surface area (Å²) in [6.45, 7) is 2.53. The van der Waals surface area contributed by atoms with Gasteiger partial charge in [0.1, 0.15) is 6.33 Å². The predicted octanol–water partition coefficient (Wildman–Crippen LogP) is 1.22. The zero-order valence-electron chi connectivity index (χ0n) is 13.5. The van der Waals surface area contributed by atoms with E-state index in [-0.39, 0.29) is 18.6 Å². The molecule has 1 aliphatic rings. The number of benzene rings is 1. The van der Waals surface area contributed by atoms with Crippen molar-refractivity contribution >= 4 is 11.9 Å². The molecular weight excluding hydrogens is 310 g/mol. The summed E-state index contributed by atoms with van der Waals surface area (Å²) in [5.41, 5.74) is 1.11. The van der Waals surface area contributed by atoms with Crippen molar-refractivity contribution in [1.82, 2.24) is 25.1 Å². The Hall–Kier alpha value is -2.77. The Bertz CT molecular complexity index is 699. The lowest BCUT2D eigenvalue weighted by Crippen LogP contribution is -2.44. The number of ether oxygens (including phenoxy) is 1. The molecule has 8 heteroatoms. The van der Waals surface area contributed by atoms with Crippen molar-refractivity contribution in [3.63, 3.8) is 0 Å². The van der Waals surface area contributed by atoms with E-state index in [2.05, 4.69) is 15.5 Å². The Kier molecular flexibility index (Phi) is 4.83. The molecule has 0 unspecified atom stereocenters. The molecule has 0 bridgehead atoms. The SMILES string of the molecule is C[C@@H]1CCCCN1C(=O)COC(=O)c1ccc(-n2cnnn2)cc1. The summed E-state index contributed by atoms with van der Waals surface area (Å²) < 4.78 is 6.63. The van der Waals surface area contributed by atoms with Gasteiger partial charge in [-0.15, -0.1) is 5.10 Å². The molecule has 2 heterocycles. The summed E-state index contributed by atoms with van der Waals surface area (Å²) in [7, 11) is 0. The lowest BCUT2D eigenvalue weighted by molar-refractivity contribution is -0.137. The first-order valence-corrected chi connectivity index (χ1v) is 7.95. The molecule has 1 aliphatic heterocycles. The number of esters is 1. The van der Waals surface area contributed by atoms with Gasteiger partial charge in [-0.05, 0) is 60.9 Å². The van der Waals surface area contributed by atoms with Crippen LogP contribution in [0.2, 0.25) is 0 Å². The van der Waals surface area contributed by atoms with Crippen LogP contribution in [-0.2, 0) is 9.53 Å². The lowest BCUT2D eigenvalue weighted by Gasteiger charge is -2.33. The van der Waals surface area contributed by atoms with Crippen LogP contribution in [0.1, 0.15) is 36.5 Å². The van der Waals surface area contributed by atoms with Crippen molar-refractivity contribution in [2.75, 3.05) is 13.2 Å². The predicted molar refractivity (Wildman–Crippen MR) is 84.5 cm³/mol. The van der Waals surface area contributed by atoms with Crippen molar-refractivity contribution < 1.29 is 14.3 Å². The Morgan fingerprint density at radius 3 is 2.71 bits per heavy atom. The van der Waals surface area contributed by atoms with Crippen LogP contribution in [0.4, 0.5) is 0 Å². The number of rotatable bonds is 4. The largest absolute Gasteiger partial charge is 0.452 e. The molecule has 0 spiro atoms. The molecule has 2 aromatic rings. The van der Waals surface area contributed by atoms with E-state index in [1.54, 1.807) is 29.2 Å². The Morgan fingerprint density at radius 1 is 1.25 bits per heavy atom. The number of tetrazole rings is 1. The molecule has 8 nitrogen and oxygen atoms in total. The van der Waals surface area contributed by atoms with Crippen LogP contribution in [0.25, 0.3) is 5.69 Å². The van der Waals surface area contributed by atoms with Crippen molar-refractivity contribution in [3.05, 3.63) is 36.2 Å². The monoisotopic (exact) mass is 329 g/mol. The van der Waals surface area contributed by atoms with Crippen molar-refractivity contribution in [2.24, 2.45) is 0 Å². The first kappa shape index (κ1) is 16.1. The number of hydrogen-bond donors (Lipinski definition) is 0. The lowest BCUT2D eigenvalue weighted by atomic mass is 10.0. The highest BCUT2D eigenvalue weighted by molar-refractivity contribution is 5.91. The molecular formula is C16H19N5O3. The van der Waals surface area contributed by atoms with E-state index in [9.17, 15) is 9.59 Å². The molecule has 3 rings (SSSR count). The smallest absolute Gasteiger partial charge is 0.338 e. The summed E-state index contributed by atoms with van der Waals surface area (Å²) in [4.78, 5) is 26.0. The second-order valence-corrected chi connectivity index (χ2v) is 5.81. The standard InChI is InChI=1S/C16H19N5O3/c1-12-4-2-3-9-20(12)15(22)10-24-16(23)13-5-7-14(8-6-13)21-11-17-18-19-21/h5-8,11-12H,2-4,9-10H2,1H3/t12-/m1/s1. The van der Waals surface area contributed by atoms with Crippen molar-refractivity contribution in [3.8, 4) is 5.69 Å². The third-order valence-electron chi connectivity index (χ3n) is 4.17. The summed E-state index contributed by atoms with van der Waals surface area (Å²) in [5.74, 6) is -0.655. The van der Waals surface area contributed by atoms with Gasteiger partial charge in [-0.25, -0.2) is 9.48 Å². The van der Waals surface area contributed by atoms with Crippen LogP contribution in [0.15, 0.2) is 30.6 Å². The minimum atomic E-state index is -0.517. The summed E-state index contributed by atoms with van der Waals surface area (Å²) >= 11 is 0. The fraction of sp³-hybridized carbons (Fsp3) is 0.438. The summed E-state index contributed by atoms with van der Waals surface area (Å²) in [6.07, 6.45) is 4.60. The number of carbonyl (C=O) groups excluding carboxylic acids is 2. The van der Waals surface area contributed by atoms with E-state index in [1.807, 2.05) is 6.92 Å². The topological polar surface area (TPSA) is 90.2 Å². The van der Waals surface area contributed by atoms with Gasteiger partial charge in [0.15, 0.2) is 6.61 Å². The molecule has 1 aromatic heterocycles. The number of amides is 1. The van der Waals surface area contributed by atoms with Gasteiger partial charge in [-0.2, -0.15) is 0 Å². The van der Waals surface area contributed by atoms with E-state index < -0.39 is 5.97 Å². The zero-order chi connectivity index (χ0) is 16.9. The van der Waals surface area contributed by atoms with E-state index in [0.717, 1.165) is 31.5 Å². The van der Waals surface area contributed by atoms with Crippen LogP contribution >= 0.6 is 0 Å². The molecule has 1 fully saturated rings. The number of hydrogen-bond acceptors (Lipinski definition) is 6. The molecule has 1 saturated heterocycles. The average Bonchev–Trinajstić information content (AvgIpc) is 3.14. The van der Waals surface area contributed by atoms with Crippen molar-refractivity contribution in [2.45, 2.75) is 32.2 Å². The maximum atomic E-state index is 12.2. The Balaban J connectivity index is 1.56. The quantitative estimate of drug-likeness (QED) is 0.784. The summed E-state index contributed by atoms with van der Waals surface area (Å²) in [6, 6.07) is 6.87. The van der Waals surface area contributed by atoms with Crippen LogP contribution in [0.3, 0.4) is 0 Å². The van der Waals surface area contributed by atoms with Gasteiger partial charge in [0.25, 0.3) is 5.91 Å². The van der Waals surface area contributed by atoms with Gasteiger partial charge in [-0.1, -0.05) is 0 Å². The molecule has 24 heavy (non-hydrogen) atoms. The zero-order valence-corrected chi connectivity index (χ0v) is 13.5. The van der Waals surface area contributed by atoms with Crippen LogP contribution < -0.4 is 0 Å². The van der Waals surface area contributed by atoms with E-state index in [0.29, 0.717) is 5.56 Å². The van der Waals surface area contributed by atoms with Gasteiger partial charge >= 0.3 is 5.97 Å².